The summed E-state index contributed by atoms with van der Waals surface area (Å²) in [6, 6.07) is 12.7. The third kappa shape index (κ3) is 6.29. The third-order valence-corrected chi connectivity index (χ3v) is 4.92. The van der Waals surface area contributed by atoms with Gasteiger partial charge in [-0.3, -0.25) is 4.79 Å². The first-order valence-electron chi connectivity index (χ1n) is 8.48. The van der Waals surface area contributed by atoms with E-state index in [-0.39, 0.29) is 11.2 Å². The summed E-state index contributed by atoms with van der Waals surface area (Å²) in [5, 5.41) is 2.68. The van der Waals surface area contributed by atoms with Gasteiger partial charge in [0.25, 0.3) is 0 Å². The molecule has 1 amide bonds. The van der Waals surface area contributed by atoms with E-state index in [0.717, 1.165) is 11.5 Å². The van der Waals surface area contributed by atoms with Crippen LogP contribution < -0.4 is 24.3 Å². The fourth-order valence-electron chi connectivity index (χ4n) is 2.29. The van der Waals surface area contributed by atoms with Crippen LogP contribution in [0, 0.1) is 0 Å². The summed E-state index contributed by atoms with van der Waals surface area (Å²) in [6.07, 6.45) is 0. The number of thioether (sulfide) groups is 1. The first-order chi connectivity index (χ1) is 13.1. The summed E-state index contributed by atoms with van der Waals surface area (Å²) in [5.74, 6) is 3.39. The van der Waals surface area contributed by atoms with Gasteiger partial charge in [0.1, 0.15) is 11.5 Å². The van der Waals surface area contributed by atoms with Crippen molar-refractivity contribution in [2.24, 2.45) is 0 Å². The van der Waals surface area contributed by atoms with Crippen LogP contribution in [0.4, 0.5) is 5.69 Å². The number of benzene rings is 2. The van der Waals surface area contributed by atoms with Crippen LogP contribution in [0.5, 0.6) is 23.0 Å². The fourth-order valence-corrected chi connectivity index (χ4v) is 3.03. The highest BCUT2D eigenvalue weighted by molar-refractivity contribution is 8.00. The second-order valence-corrected chi connectivity index (χ2v) is 7.04. The molecule has 0 aliphatic carbocycles. The van der Waals surface area contributed by atoms with Crippen LogP contribution in [0.25, 0.3) is 0 Å². The molecule has 7 heteroatoms. The minimum absolute atomic E-state index is 0.0725. The monoisotopic (exact) mass is 391 g/mol. The number of nitrogens with one attached hydrogen (secondary N) is 1. The minimum Gasteiger partial charge on any atom is -0.497 e. The molecule has 27 heavy (non-hydrogen) atoms. The Bertz CT molecular complexity index is 736. The van der Waals surface area contributed by atoms with Crippen LogP contribution in [0.1, 0.15) is 6.92 Å². The number of methoxy groups -OCH3 is 3. The Morgan fingerprint density at radius 2 is 1.63 bits per heavy atom. The number of ether oxygens (including phenoxy) is 4. The molecule has 0 bridgehead atoms. The largest absolute Gasteiger partial charge is 0.497 e. The molecule has 2 aromatic rings. The molecule has 0 radical (unpaired) electrons. The van der Waals surface area contributed by atoms with Crippen LogP contribution in [0.2, 0.25) is 0 Å². The highest BCUT2D eigenvalue weighted by atomic mass is 32.2. The van der Waals surface area contributed by atoms with Gasteiger partial charge < -0.3 is 24.3 Å². The van der Waals surface area contributed by atoms with Gasteiger partial charge in [-0.15, -0.1) is 11.8 Å². The number of rotatable bonds is 10. The smallest absolute Gasteiger partial charge is 0.237 e. The van der Waals surface area contributed by atoms with Crippen molar-refractivity contribution < 1.29 is 23.7 Å². The molecule has 1 atom stereocenters. The van der Waals surface area contributed by atoms with E-state index in [9.17, 15) is 4.79 Å². The van der Waals surface area contributed by atoms with Crippen molar-refractivity contribution in [2.45, 2.75) is 12.2 Å². The lowest BCUT2D eigenvalue weighted by Crippen LogP contribution is -2.23. The quantitative estimate of drug-likeness (QED) is 0.621. The van der Waals surface area contributed by atoms with Crippen LogP contribution in [0.15, 0.2) is 42.5 Å². The number of hydrogen-bond donors (Lipinski definition) is 1. The first kappa shape index (κ1) is 20.8. The molecular formula is C20H25NO5S. The zero-order chi connectivity index (χ0) is 19.6. The van der Waals surface area contributed by atoms with E-state index in [0.29, 0.717) is 29.5 Å². The number of anilines is 1. The predicted molar refractivity (Wildman–Crippen MR) is 109 cm³/mol. The highest BCUT2D eigenvalue weighted by Gasteiger charge is 2.14. The van der Waals surface area contributed by atoms with Gasteiger partial charge in [0.15, 0.2) is 11.5 Å². The first-order valence-corrected chi connectivity index (χ1v) is 9.53. The SMILES string of the molecule is COc1ccc(OCCSC(C)C(=O)Nc2ccc(OC)c(OC)c2)cc1. The Morgan fingerprint density at radius 1 is 0.963 bits per heavy atom. The van der Waals surface area contributed by atoms with Crippen molar-refractivity contribution >= 4 is 23.4 Å². The van der Waals surface area contributed by atoms with E-state index in [1.165, 1.54) is 11.8 Å². The molecule has 6 nitrogen and oxygen atoms in total. The molecule has 0 spiro atoms. The van der Waals surface area contributed by atoms with Crippen LogP contribution in [0.3, 0.4) is 0 Å². The van der Waals surface area contributed by atoms with Gasteiger partial charge in [0, 0.05) is 17.5 Å². The Labute approximate surface area is 164 Å². The van der Waals surface area contributed by atoms with Gasteiger partial charge in [-0.2, -0.15) is 0 Å². The number of carbonyl (C=O) groups excluding carboxylic acids is 1. The maximum absolute atomic E-state index is 12.3. The van der Waals surface area contributed by atoms with Crippen molar-refractivity contribution in [2.75, 3.05) is 39.0 Å². The maximum atomic E-state index is 12.3. The second kappa shape index (κ2) is 10.6. The van der Waals surface area contributed by atoms with E-state index in [1.807, 2.05) is 31.2 Å². The lowest BCUT2D eigenvalue weighted by molar-refractivity contribution is -0.115. The van der Waals surface area contributed by atoms with Crippen molar-refractivity contribution in [1.82, 2.24) is 0 Å². The summed E-state index contributed by atoms with van der Waals surface area (Å²) < 4.78 is 21.2. The average molecular weight is 391 g/mol. The Morgan fingerprint density at radius 3 is 2.26 bits per heavy atom. The van der Waals surface area contributed by atoms with Gasteiger partial charge in [-0.25, -0.2) is 0 Å². The standard InChI is InChI=1S/C20H25NO5S/c1-14(27-12-11-26-17-8-6-16(23-2)7-9-17)20(22)21-15-5-10-18(24-3)19(13-15)25-4/h5-10,13-14H,11-12H2,1-4H3,(H,21,22). The van der Waals surface area contributed by atoms with E-state index >= 15 is 0 Å². The number of hydrogen-bond acceptors (Lipinski definition) is 6. The van der Waals surface area contributed by atoms with Crippen LogP contribution in [-0.4, -0.2) is 44.8 Å². The molecular weight excluding hydrogens is 366 g/mol. The Kier molecular flexibility index (Phi) is 8.13. The van der Waals surface area contributed by atoms with Gasteiger partial charge in [-0.05, 0) is 43.3 Å². The van der Waals surface area contributed by atoms with E-state index in [2.05, 4.69) is 5.32 Å². The molecule has 0 aromatic heterocycles. The molecule has 146 valence electrons. The number of amides is 1. The van der Waals surface area contributed by atoms with Gasteiger partial charge in [-0.1, -0.05) is 0 Å². The van der Waals surface area contributed by atoms with Crippen molar-refractivity contribution in [3.63, 3.8) is 0 Å². The molecule has 0 saturated carbocycles. The summed E-state index contributed by atoms with van der Waals surface area (Å²) in [5.41, 5.74) is 0.666. The maximum Gasteiger partial charge on any atom is 0.237 e. The van der Waals surface area contributed by atoms with E-state index < -0.39 is 0 Å². The third-order valence-electron chi connectivity index (χ3n) is 3.80. The molecule has 0 saturated heterocycles. The lowest BCUT2D eigenvalue weighted by atomic mass is 10.2. The highest BCUT2D eigenvalue weighted by Crippen LogP contribution is 2.30. The molecule has 1 unspecified atom stereocenters. The zero-order valence-corrected chi connectivity index (χ0v) is 16.8. The fraction of sp³-hybridized carbons (Fsp3) is 0.350. The average Bonchev–Trinajstić information content (AvgIpc) is 2.71. The molecule has 2 rings (SSSR count). The second-order valence-electron chi connectivity index (χ2n) is 5.60. The minimum atomic E-state index is -0.211. The molecule has 0 aliphatic rings. The lowest BCUT2D eigenvalue weighted by Gasteiger charge is -2.14. The van der Waals surface area contributed by atoms with Gasteiger partial charge >= 0.3 is 0 Å². The molecule has 0 fully saturated rings. The zero-order valence-electron chi connectivity index (χ0n) is 16.0. The summed E-state index contributed by atoms with van der Waals surface area (Å²) >= 11 is 1.53. The molecule has 0 heterocycles. The Hall–Kier alpha value is -2.54. The van der Waals surface area contributed by atoms with Crippen LogP contribution >= 0.6 is 11.8 Å². The topological polar surface area (TPSA) is 66.0 Å². The molecule has 1 N–H and O–H groups in total. The van der Waals surface area contributed by atoms with Crippen molar-refractivity contribution in [1.29, 1.82) is 0 Å². The summed E-state index contributed by atoms with van der Waals surface area (Å²) in [6.45, 7) is 2.39. The van der Waals surface area contributed by atoms with Crippen LogP contribution in [-0.2, 0) is 4.79 Å². The molecule has 0 aliphatic heterocycles. The Balaban J connectivity index is 1.76. The summed E-state index contributed by atoms with van der Waals surface area (Å²) in [7, 11) is 4.76. The predicted octanol–water partition coefficient (Wildman–Crippen LogP) is 3.85. The van der Waals surface area contributed by atoms with Gasteiger partial charge in [0.05, 0.1) is 33.2 Å². The van der Waals surface area contributed by atoms with Gasteiger partial charge in [0.2, 0.25) is 5.91 Å². The van der Waals surface area contributed by atoms with E-state index in [4.69, 9.17) is 18.9 Å². The van der Waals surface area contributed by atoms with Crippen molar-refractivity contribution in [3.8, 4) is 23.0 Å². The van der Waals surface area contributed by atoms with Crippen molar-refractivity contribution in [3.05, 3.63) is 42.5 Å². The number of carbonyl (C=O) groups is 1. The summed E-state index contributed by atoms with van der Waals surface area (Å²) in [4.78, 5) is 12.3. The van der Waals surface area contributed by atoms with E-state index in [1.54, 1.807) is 39.5 Å². The molecule has 2 aromatic carbocycles. The normalized spacial score (nSPS) is 11.4.